The first-order valence-electron chi connectivity index (χ1n) is 7.64. The molecule has 8 heteroatoms. The van der Waals surface area contributed by atoms with E-state index in [0.717, 1.165) is 38.7 Å². The van der Waals surface area contributed by atoms with Crippen LogP contribution in [0.15, 0.2) is 4.99 Å². The second-order valence-corrected chi connectivity index (χ2v) is 5.70. The molecule has 1 heterocycles. The Bertz CT molecular complexity index is 343. The van der Waals surface area contributed by atoms with Crippen molar-refractivity contribution in [3.63, 3.8) is 0 Å². The largest absolute Gasteiger partial charge is 0.401 e. The van der Waals surface area contributed by atoms with Gasteiger partial charge in [0, 0.05) is 39.2 Å². The molecule has 1 rings (SSSR count). The van der Waals surface area contributed by atoms with Crippen molar-refractivity contribution < 1.29 is 17.9 Å². The van der Waals surface area contributed by atoms with Crippen LogP contribution in [0.2, 0.25) is 0 Å². The Morgan fingerprint density at radius 3 is 2.64 bits per heavy atom. The molecule has 0 aromatic carbocycles. The molecule has 1 aliphatic rings. The zero-order valence-corrected chi connectivity index (χ0v) is 13.6. The summed E-state index contributed by atoms with van der Waals surface area (Å²) in [5.74, 6) is 1.22. The minimum absolute atomic E-state index is 0.273. The summed E-state index contributed by atoms with van der Waals surface area (Å²) in [5, 5.41) is 3.17. The molecular weight excluding hydrogens is 297 g/mol. The first kappa shape index (κ1) is 19.0. The molecule has 0 aromatic heterocycles. The number of hydrogen-bond donors (Lipinski definition) is 1. The van der Waals surface area contributed by atoms with Gasteiger partial charge in [0.15, 0.2) is 5.96 Å². The van der Waals surface area contributed by atoms with Crippen molar-refractivity contribution in [3.8, 4) is 0 Å². The van der Waals surface area contributed by atoms with E-state index in [1.54, 1.807) is 0 Å². The van der Waals surface area contributed by atoms with E-state index < -0.39 is 12.7 Å². The Hall–Kier alpha value is -1.02. The van der Waals surface area contributed by atoms with Crippen molar-refractivity contribution in [2.45, 2.75) is 19.5 Å². The fourth-order valence-corrected chi connectivity index (χ4v) is 2.38. The minimum Gasteiger partial charge on any atom is -0.381 e. The molecule has 0 radical (unpaired) electrons. The molecule has 1 saturated heterocycles. The Morgan fingerprint density at radius 1 is 1.36 bits per heavy atom. The van der Waals surface area contributed by atoms with Gasteiger partial charge in [0.25, 0.3) is 0 Å². The van der Waals surface area contributed by atoms with E-state index in [1.165, 1.54) is 11.9 Å². The molecule has 1 aliphatic heterocycles. The predicted molar refractivity (Wildman–Crippen MR) is 81.1 cm³/mol. The van der Waals surface area contributed by atoms with E-state index in [9.17, 15) is 13.2 Å². The number of likely N-dealkylation sites (N-methyl/N-ethyl adjacent to an activating group) is 1. The summed E-state index contributed by atoms with van der Waals surface area (Å²) in [4.78, 5) is 7.66. The summed E-state index contributed by atoms with van der Waals surface area (Å²) < 4.78 is 42.1. The number of halogens is 3. The van der Waals surface area contributed by atoms with Gasteiger partial charge in [-0.25, -0.2) is 0 Å². The number of hydrogen-bond acceptors (Lipinski definition) is 3. The van der Waals surface area contributed by atoms with Crippen LogP contribution in [0.1, 0.15) is 13.3 Å². The van der Waals surface area contributed by atoms with Crippen LogP contribution in [-0.4, -0.2) is 82.0 Å². The topological polar surface area (TPSA) is 40.1 Å². The lowest BCUT2D eigenvalue weighted by Gasteiger charge is -2.25. The zero-order chi connectivity index (χ0) is 16.6. The van der Waals surface area contributed by atoms with E-state index in [2.05, 4.69) is 10.3 Å². The molecule has 0 bridgehead atoms. The SMILES string of the molecule is CCNC(=NCCN(C)CC(F)(F)F)N(C)CC1CCOC1. The van der Waals surface area contributed by atoms with E-state index in [1.807, 2.05) is 18.9 Å². The quantitative estimate of drug-likeness (QED) is 0.568. The summed E-state index contributed by atoms with van der Waals surface area (Å²) in [7, 11) is 3.40. The highest BCUT2D eigenvalue weighted by molar-refractivity contribution is 5.79. The molecule has 0 aromatic rings. The predicted octanol–water partition coefficient (Wildman–Crippen LogP) is 1.41. The third kappa shape index (κ3) is 7.84. The smallest absolute Gasteiger partial charge is 0.381 e. The van der Waals surface area contributed by atoms with Crippen LogP contribution < -0.4 is 5.32 Å². The molecule has 0 amide bonds. The summed E-state index contributed by atoms with van der Waals surface area (Å²) >= 11 is 0. The van der Waals surface area contributed by atoms with Gasteiger partial charge < -0.3 is 15.0 Å². The van der Waals surface area contributed by atoms with Gasteiger partial charge >= 0.3 is 6.18 Å². The molecule has 0 aliphatic carbocycles. The van der Waals surface area contributed by atoms with Crippen molar-refractivity contribution in [2.24, 2.45) is 10.9 Å². The van der Waals surface area contributed by atoms with Gasteiger partial charge in [0.05, 0.1) is 19.7 Å². The van der Waals surface area contributed by atoms with E-state index >= 15 is 0 Å². The zero-order valence-electron chi connectivity index (χ0n) is 13.6. The third-order valence-electron chi connectivity index (χ3n) is 3.45. The van der Waals surface area contributed by atoms with Crippen molar-refractivity contribution in [1.29, 1.82) is 0 Å². The molecular formula is C14H27F3N4O. The number of nitrogens with zero attached hydrogens (tertiary/aromatic N) is 3. The van der Waals surface area contributed by atoms with Crippen LogP contribution in [0.25, 0.3) is 0 Å². The summed E-state index contributed by atoms with van der Waals surface area (Å²) in [6.07, 6.45) is -3.12. The fraction of sp³-hybridized carbons (Fsp3) is 0.929. The first-order valence-corrected chi connectivity index (χ1v) is 7.64. The van der Waals surface area contributed by atoms with E-state index in [-0.39, 0.29) is 6.54 Å². The Labute approximate surface area is 130 Å². The minimum atomic E-state index is -4.16. The lowest BCUT2D eigenvalue weighted by Crippen LogP contribution is -2.42. The second-order valence-electron chi connectivity index (χ2n) is 5.70. The molecule has 130 valence electrons. The summed E-state index contributed by atoms with van der Waals surface area (Å²) in [6, 6.07) is 0. The lowest BCUT2D eigenvalue weighted by atomic mass is 10.1. The van der Waals surface area contributed by atoms with Crippen molar-refractivity contribution in [2.75, 3.05) is 60.0 Å². The highest BCUT2D eigenvalue weighted by Gasteiger charge is 2.28. The van der Waals surface area contributed by atoms with E-state index in [4.69, 9.17) is 4.74 Å². The number of rotatable bonds is 7. The molecule has 1 unspecified atom stereocenters. The van der Waals surface area contributed by atoms with Gasteiger partial charge in [-0.15, -0.1) is 0 Å². The van der Waals surface area contributed by atoms with Gasteiger partial charge in [-0.05, 0) is 20.4 Å². The van der Waals surface area contributed by atoms with Crippen LogP contribution in [0.3, 0.4) is 0 Å². The van der Waals surface area contributed by atoms with Gasteiger partial charge in [0.2, 0.25) is 0 Å². The fourth-order valence-electron chi connectivity index (χ4n) is 2.38. The lowest BCUT2D eigenvalue weighted by molar-refractivity contribution is -0.142. The van der Waals surface area contributed by atoms with Crippen molar-refractivity contribution in [1.82, 2.24) is 15.1 Å². The number of guanidine groups is 1. The molecule has 0 spiro atoms. The molecule has 1 fully saturated rings. The highest BCUT2D eigenvalue weighted by Crippen LogP contribution is 2.15. The van der Waals surface area contributed by atoms with Crippen LogP contribution in [0, 0.1) is 5.92 Å². The number of ether oxygens (including phenoxy) is 1. The van der Waals surface area contributed by atoms with E-state index in [0.29, 0.717) is 12.5 Å². The number of alkyl halides is 3. The molecule has 1 atom stereocenters. The highest BCUT2D eigenvalue weighted by atomic mass is 19.4. The molecule has 5 nitrogen and oxygen atoms in total. The maximum absolute atomic E-state index is 12.3. The van der Waals surface area contributed by atoms with Crippen LogP contribution >= 0.6 is 0 Å². The maximum Gasteiger partial charge on any atom is 0.401 e. The molecule has 22 heavy (non-hydrogen) atoms. The van der Waals surface area contributed by atoms with Gasteiger partial charge in [-0.2, -0.15) is 13.2 Å². The average Bonchev–Trinajstić information content (AvgIpc) is 2.88. The van der Waals surface area contributed by atoms with Gasteiger partial charge in [-0.3, -0.25) is 9.89 Å². The Morgan fingerprint density at radius 2 is 2.09 bits per heavy atom. The maximum atomic E-state index is 12.3. The molecule has 0 saturated carbocycles. The van der Waals surface area contributed by atoms with Crippen LogP contribution in [0.5, 0.6) is 0 Å². The van der Waals surface area contributed by atoms with Crippen LogP contribution in [0.4, 0.5) is 13.2 Å². The molecule has 1 N–H and O–H groups in total. The van der Waals surface area contributed by atoms with Crippen LogP contribution in [-0.2, 0) is 4.74 Å². The normalized spacial score (nSPS) is 19.8. The third-order valence-corrected chi connectivity index (χ3v) is 3.45. The van der Waals surface area contributed by atoms with Gasteiger partial charge in [-0.1, -0.05) is 0 Å². The Kier molecular flexibility index (Phi) is 7.95. The van der Waals surface area contributed by atoms with Crippen molar-refractivity contribution >= 4 is 5.96 Å². The van der Waals surface area contributed by atoms with Gasteiger partial charge in [0.1, 0.15) is 0 Å². The number of aliphatic imine (C=N–C) groups is 1. The monoisotopic (exact) mass is 324 g/mol. The number of nitrogens with one attached hydrogen (secondary N) is 1. The summed E-state index contributed by atoms with van der Waals surface area (Å²) in [6.45, 7) is 4.79. The standard InChI is InChI=1S/C14H27F3N4O/c1-4-18-13(21(3)9-12-5-8-22-10-12)19-6-7-20(2)11-14(15,16)17/h12H,4-11H2,1-3H3,(H,18,19). The average molecular weight is 324 g/mol. The first-order chi connectivity index (χ1) is 10.3. The van der Waals surface area contributed by atoms with Crippen molar-refractivity contribution in [3.05, 3.63) is 0 Å². The summed E-state index contributed by atoms with van der Waals surface area (Å²) in [5.41, 5.74) is 0. The Balaban J connectivity index is 2.43. The second kappa shape index (κ2) is 9.19.